The van der Waals surface area contributed by atoms with Crippen molar-refractivity contribution in [1.82, 2.24) is 0 Å². The van der Waals surface area contributed by atoms with E-state index in [-0.39, 0.29) is 12.0 Å². The number of nitrogens with one attached hydrogen (secondary N) is 1. The maximum absolute atomic E-state index is 11.7. The van der Waals surface area contributed by atoms with E-state index in [1.165, 1.54) is 0 Å². The number of ether oxygens (including phenoxy) is 2. The summed E-state index contributed by atoms with van der Waals surface area (Å²) in [7, 11) is 1.61. The van der Waals surface area contributed by atoms with Crippen LogP contribution in [0.15, 0.2) is 22.7 Å². The molecule has 0 aliphatic heterocycles. The van der Waals surface area contributed by atoms with Crippen LogP contribution in [0.25, 0.3) is 0 Å². The van der Waals surface area contributed by atoms with Crippen molar-refractivity contribution in [2.24, 2.45) is 0 Å². The van der Waals surface area contributed by atoms with Crippen molar-refractivity contribution in [3.05, 3.63) is 22.7 Å². The van der Waals surface area contributed by atoms with Gasteiger partial charge in [0.25, 0.3) is 0 Å². The molecule has 0 saturated heterocycles. The average Bonchev–Trinajstić information content (AvgIpc) is 2.35. The van der Waals surface area contributed by atoms with E-state index in [0.717, 1.165) is 15.9 Å². The molecule has 0 radical (unpaired) electrons. The van der Waals surface area contributed by atoms with Gasteiger partial charge in [-0.3, -0.25) is 0 Å². The highest BCUT2D eigenvalue weighted by Crippen LogP contribution is 2.25. The summed E-state index contributed by atoms with van der Waals surface area (Å²) in [6.07, 6.45) is 0.660. The standard InChI is InChI=1S/C13H18BrNO3/c1-4-12(13(16)18-5-2)15-10-6-9(14)7-11(8-10)17-3/h6-8,12,15H,4-5H2,1-3H3. The van der Waals surface area contributed by atoms with Crippen molar-refractivity contribution < 1.29 is 14.3 Å². The molecule has 0 amide bonds. The molecule has 1 rings (SSSR count). The second-order valence-electron chi connectivity index (χ2n) is 3.74. The molecule has 0 bridgehead atoms. The quantitative estimate of drug-likeness (QED) is 0.819. The smallest absolute Gasteiger partial charge is 0.328 e. The molecule has 0 aliphatic rings. The first-order valence-electron chi connectivity index (χ1n) is 5.88. The van der Waals surface area contributed by atoms with Crippen molar-refractivity contribution in [2.45, 2.75) is 26.3 Å². The molecule has 18 heavy (non-hydrogen) atoms. The van der Waals surface area contributed by atoms with Crippen molar-refractivity contribution in [2.75, 3.05) is 19.0 Å². The lowest BCUT2D eigenvalue weighted by Crippen LogP contribution is -2.30. The molecule has 1 unspecified atom stereocenters. The number of anilines is 1. The molecule has 1 aromatic carbocycles. The van der Waals surface area contributed by atoms with Gasteiger partial charge in [0.05, 0.1) is 13.7 Å². The van der Waals surface area contributed by atoms with Gasteiger partial charge in [-0.15, -0.1) is 0 Å². The zero-order chi connectivity index (χ0) is 13.5. The second kappa shape index (κ2) is 7.26. The highest BCUT2D eigenvalue weighted by Gasteiger charge is 2.17. The SMILES string of the molecule is CCOC(=O)C(CC)Nc1cc(Br)cc(OC)c1. The molecule has 0 fully saturated rings. The van der Waals surface area contributed by atoms with Crippen LogP contribution in [-0.4, -0.2) is 25.7 Å². The first-order chi connectivity index (χ1) is 8.60. The van der Waals surface area contributed by atoms with Crippen LogP contribution in [0.5, 0.6) is 5.75 Å². The largest absolute Gasteiger partial charge is 0.497 e. The predicted octanol–water partition coefficient (Wildman–Crippen LogP) is 3.21. The van der Waals surface area contributed by atoms with Crippen LogP contribution in [0, 0.1) is 0 Å². The van der Waals surface area contributed by atoms with Gasteiger partial charge in [-0.25, -0.2) is 4.79 Å². The zero-order valence-electron chi connectivity index (χ0n) is 10.8. The van der Waals surface area contributed by atoms with Crippen molar-refractivity contribution in [1.29, 1.82) is 0 Å². The van der Waals surface area contributed by atoms with Crippen molar-refractivity contribution >= 4 is 27.6 Å². The lowest BCUT2D eigenvalue weighted by molar-refractivity contribution is -0.144. The highest BCUT2D eigenvalue weighted by molar-refractivity contribution is 9.10. The van der Waals surface area contributed by atoms with Crippen LogP contribution in [0.2, 0.25) is 0 Å². The number of carbonyl (C=O) groups is 1. The molecule has 0 aliphatic carbocycles. The molecule has 1 N–H and O–H groups in total. The topological polar surface area (TPSA) is 47.6 Å². The number of esters is 1. The van der Waals surface area contributed by atoms with Crippen LogP contribution < -0.4 is 10.1 Å². The Labute approximate surface area is 116 Å². The Balaban J connectivity index is 2.81. The summed E-state index contributed by atoms with van der Waals surface area (Å²) >= 11 is 3.40. The molecular formula is C13H18BrNO3. The summed E-state index contributed by atoms with van der Waals surface area (Å²) in [5, 5.41) is 3.14. The van der Waals surface area contributed by atoms with Gasteiger partial charge < -0.3 is 14.8 Å². The van der Waals surface area contributed by atoms with Gasteiger partial charge in [-0.1, -0.05) is 22.9 Å². The number of carbonyl (C=O) groups excluding carboxylic acids is 1. The number of methoxy groups -OCH3 is 1. The number of hydrogen-bond acceptors (Lipinski definition) is 4. The van der Waals surface area contributed by atoms with Gasteiger partial charge in [0.15, 0.2) is 0 Å². The maximum Gasteiger partial charge on any atom is 0.328 e. The Morgan fingerprint density at radius 1 is 1.39 bits per heavy atom. The van der Waals surface area contributed by atoms with E-state index in [1.807, 2.05) is 25.1 Å². The summed E-state index contributed by atoms with van der Waals surface area (Å²) < 4.78 is 11.1. The Morgan fingerprint density at radius 3 is 2.67 bits per heavy atom. The van der Waals surface area contributed by atoms with Crippen LogP contribution in [0.1, 0.15) is 20.3 Å². The van der Waals surface area contributed by atoms with E-state index in [4.69, 9.17) is 9.47 Å². The minimum absolute atomic E-state index is 0.237. The summed E-state index contributed by atoms with van der Waals surface area (Å²) in [5.74, 6) is 0.490. The fourth-order valence-electron chi connectivity index (χ4n) is 1.54. The monoisotopic (exact) mass is 315 g/mol. The number of benzene rings is 1. The van der Waals surface area contributed by atoms with E-state index in [9.17, 15) is 4.79 Å². The summed E-state index contributed by atoms with van der Waals surface area (Å²) in [6, 6.07) is 5.25. The third kappa shape index (κ3) is 4.22. The minimum atomic E-state index is -0.344. The number of rotatable bonds is 6. The second-order valence-corrected chi connectivity index (χ2v) is 4.65. The van der Waals surface area contributed by atoms with Gasteiger partial charge in [-0.2, -0.15) is 0 Å². The van der Waals surface area contributed by atoms with Gasteiger partial charge in [0.1, 0.15) is 11.8 Å². The zero-order valence-corrected chi connectivity index (χ0v) is 12.4. The van der Waals surface area contributed by atoms with Crippen LogP contribution in [0.4, 0.5) is 5.69 Å². The maximum atomic E-state index is 11.7. The molecular weight excluding hydrogens is 298 g/mol. The summed E-state index contributed by atoms with van der Waals surface area (Å²) in [4.78, 5) is 11.7. The van der Waals surface area contributed by atoms with Crippen LogP contribution in [-0.2, 0) is 9.53 Å². The molecule has 1 atom stereocenters. The summed E-state index contributed by atoms with van der Waals surface area (Å²) in [5.41, 5.74) is 0.820. The molecule has 0 saturated carbocycles. The molecule has 0 heterocycles. The lowest BCUT2D eigenvalue weighted by Gasteiger charge is -2.17. The fraction of sp³-hybridized carbons (Fsp3) is 0.462. The molecule has 4 nitrogen and oxygen atoms in total. The summed E-state index contributed by atoms with van der Waals surface area (Å²) in [6.45, 7) is 4.12. The average molecular weight is 316 g/mol. The number of halogens is 1. The molecule has 5 heteroatoms. The van der Waals surface area contributed by atoms with Gasteiger partial charge in [0, 0.05) is 16.2 Å². The predicted molar refractivity (Wildman–Crippen MR) is 75.0 cm³/mol. The molecule has 100 valence electrons. The van der Waals surface area contributed by atoms with E-state index in [2.05, 4.69) is 21.2 Å². The third-order valence-electron chi connectivity index (χ3n) is 2.43. The first-order valence-corrected chi connectivity index (χ1v) is 6.67. The fourth-order valence-corrected chi connectivity index (χ4v) is 2.01. The van der Waals surface area contributed by atoms with Crippen LogP contribution in [0.3, 0.4) is 0 Å². The Hall–Kier alpha value is -1.23. The normalized spacial score (nSPS) is 11.8. The van der Waals surface area contributed by atoms with Crippen LogP contribution >= 0.6 is 15.9 Å². The minimum Gasteiger partial charge on any atom is -0.497 e. The molecule has 0 aromatic heterocycles. The van der Waals surface area contributed by atoms with E-state index in [0.29, 0.717) is 13.0 Å². The number of hydrogen-bond donors (Lipinski definition) is 1. The van der Waals surface area contributed by atoms with Crippen molar-refractivity contribution in [3.8, 4) is 5.75 Å². The highest BCUT2D eigenvalue weighted by atomic mass is 79.9. The van der Waals surface area contributed by atoms with E-state index < -0.39 is 0 Å². The first kappa shape index (κ1) is 14.8. The Bertz CT molecular complexity index is 409. The molecule has 0 spiro atoms. The van der Waals surface area contributed by atoms with E-state index in [1.54, 1.807) is 14.0 Å². The lowest BCUT2D eigenvalue weighted by atomic mass is 10.2. The van der Waals surface area contributed by atoms with E-state index >= 15 is 0 Å². The van der Waals surface area contributed by atoms with Gasteiger partial charge in [0.2, 0.25) is 0 Å². The van der Waals surface area contributed by atoms with Gasteiger partial charge >= 0.3 is 5.97 Å². The van der Waals surface area contributed by atoms with Crippen molar-refractivity contribution in [3.63, 3.8) is 0 Å². The molecule has 1 aromatic rings. The Morgan fingerprint density at radius 2 is 2.11 bits per heavy atom. The Kier molecular flexibility index (Phi) is 5.98. The van der Waals surface area contributed by atoms with Gasteiger partial charge in [-0.05, 0) is 25.5 Å². The third-order valence-corrected chi connectivity index (χ3v) is 2.89.